The molecule has 26 nitrogen and oxygen atoms in total. The van der Waals surface area contributed by atoms with Gasteiger partial charge in [0.1, 0.15) is 24.2 Å². The summed E-state index contributed by atoms with van der Waals surface area (Å²) in [6.45, 7) is 6.28. The lowest BCUT2D eigenvalue weighted by Gasteiger charge is -2.32. The van der Waals surface area contributed by atoms with E-state index in [2.05, 4.69) is 63.2 Å². The molecule has 6 amide bonds. The molecule has 378 valence electrons. The second kappa shape index (κ2) is 24.6. The topological polar surface area (TPSA) is 327 Å². The molecule has 2 aromatic heterocycles. The van der Waals surface area contributed by atoms with E-state index < -0.39 is 96.1 Å². The molecular formula is C44H62N16O10. The Morgan fingerprint density at radius 1 is 0.614 bits per heavy atom. The minimum atomic E-state index is -1.27. The quantitative estimate of drug-likeness (QED) is 0.0357. The van der Waals surface area contributed by atoms with Crippen LogP contribution in [0.1, 0.15) is 53.4 Å². The highest BCUT2D eigenvalue weighted by molar-refractivity contribution is 5.97. The zero-order valence-corrected chi connectivity index (χ0v) is 39.8. The van der Waals surface area contributed by atoms with Gasteiger partial charge in [0, 0.05) is 50.3 Å². The average Bonchev–Trinajstić information content (AvgIpc) is 4.20. The van der Waals surface area contributed by atoms with Gasteiger partial charge in [0.2, 0.25) is 35.3 Å². The van der Waals surface area contributed by atoms with E-state index >= 15 is 0 Å². The maximum atomic E-state index is 14.3. The van der Waals surface area contributed by atoms with Gasteiger partial charge < -0.3 is 50.8 Å². The van der Waals surface area contributed by atoms with Crippen LogP contribution in [-0.4, -0.2) is 197 Å². The normalized spacial score (nSPS) is 20.5. The molecule has 8 N–H and O–H groups in total. The monoisotopic (exact) mass is 974 g/mol. The highest BCUT2D eigenvalue weighted by Gasteiger charge is 2.45. The van der Waals surface area contributed by atoms with Crippen molar-refractivity contribution >= 4 is 35.4 Å². The van der Waals surface area contributed by atoms with Gasteiger partial charge in [-0.2, -0.15) is 0 Å². The van der Waals surface area contributed by atoms with E-state index in [4.69, 9.17) is 9.47 Å². The van der Waals surface area contributed by atoms with E-state index in [0.29, 0.717) is 24.0 Å². The molecule has 2 aliphatic rings. The summed E-state index contributed by atoms with van der Waals surface area (Å²) in [5, 5.41) is 55.7. The van der Waals surface area contributed by atoms with Gasteiger partial charge in [-0.15, -0.1) is 19.8 Å². The fourth-order valence-corrected chi connectivity index (χ4v) is 7.90. The van der Waals surface area contributed by atoms with Gasteiger partial charge in [0.05, 0.1) is 36.5 Å². The highest BCUT2D eigenvalue weighted by atomic mass is 16.5. The number of rotatable bonds is 23. The molecule has 2 unspecified atom stereocenters. The van der Waals surface area contributed by atoms with Crippen LogP contribution in [0.5, 0.6) is 0 Å². The van der Waals surface area contributed by atoms with Crippen LogP contribution in [0.4, 0.5) is 0 Å². The number of ether oxygens (including phenoxy) is 2. The summed E-state index contributed by atoms with van der Waals surface area (Å²) >= 11 is 0. The second-order valence-corrected chi connectivity index (χ2v) is 17.2. The number of benzene rings is 2. The molecule has 2 saturated heterocycles. The number of carbonyl (C=O) groups is 6. The van der Waals surface area contributed by atoms with Crippen LogP contribution in [0.3, 0.4) is 0 Å². The predicted molar refractivity (Wildman–Crippen MR) is 248 cm³/mol. The molecule has 70 heavy (non-hydrogen) atoms. The van der Waals surface area contributed by atoms with Crippen molar-refractivity contribution < 1.29 is 48.5 Å². The average molecular weight is 975 g/mol. The number of aliphatic hydroxyl groups is 2. The summed E-state index contributed by atoms with van der Waals surface area (Å²) in [5.41, 5.74) is 6.49. The molecule has 6 rings (SSSR count). The summed E-state index contributed by atoms with van der Waals surface area (Å²) in [4.78, 5) is 87.0. The Morgan fingerprint density at radius 2 is 0.986 bits per heavy atom. The third-order valence-corrected chi connectivity index (χ3v) is 12.2. The molecule has 4 aromatic rings. The first-order valence-corrected chi connectivity index (χ1v) is 23.1. The van der Waals surface area contributed by atoms with Gasteiger partial charge in [0.25, 0.3) is 11.8 Å². The number of unbranched alkanes of at least 4 members (excludes halogenated alkanes) is 1. The lowest BCUT2D eigenvalue weighted by Crippen LogP contribution is -2.59. The van der Waals surface area contributed by atoms with Gasteiger partial charge >= 0.3 is 0 Å². The van der Waals surface area contributed by atoms with E-state index in [0.717, 1.165) is 9.58 Å². The largest absolute Gasteiger partial charge is 0.391 e. The van der Waals surface area contributed by atoms with Crippen LogP contribution in [0.2, 0.25) is 0 Å². The molecule has 0 saturated carbocycles. The Labute approximate surface area is 403 Å². The number of aliphatic hydroxyl groups excluding tert-OH is 2. The van der Waals surface area contributed by atoms with Crippen molar-refractivity contribution in [1.29, 1.82) is 0 Å². The molecule has 0 aliphatic carbocycles. The number of carbonyl (C=O) groups excluding carboxylic acids is 6. The fraction of sp³-hybridized carbons (Fsp3) is 0.545. The standard InChI is InChI=1S/C44H62N16O10/c1-25(45-5)39(63)47-35(43(67)57-23-31(61)21-33(57)41(65)51-59-37(49-53-55-59)29-15-9-7-10-16-29)27(3)69-19-13-14-20-70-28(4)36(48-40(64)26(2)46-6)44(68)58-24-32(62)22-34(58)42(66)52-60-38(50-54-56-60)30-17-11-8-12-18-30/h7-12,15-18,25-28,31-36,45-46,61-62H,13-14,19-24H2,1-6H3,(H,47,63)(H,48,64)(H,51,65)(H,52,66)/t25-,26-,27?,28?,31-,32-,33-,34-,35-,36-/m0/s1. The van der Waals surface area contributed by atoms with Crippen LogP contribution in [-0.2, 0) is 38.2 Å². The summed E-state index contributed by atoms with van der Waals surface area (Å²) < 4.78 is 12.2. The van der Waals surface area contributed by atoms with Crippen molar-refractivity contribution in [2.45, 2.75) is 114 Å². The summed E-state index contributed by atoms with van der Waals surface area (Å²) in [5.74, 6) is -3.13. The number of likely N-dealkylation sites (N-methyl/N-ethyl adjacent to an activating group) is 2. The van der Waals surface area contributed by atoms with E-state index in [1.165, 1.54) is 9.80 Å². The lowest BCUT2D eigenvalue weighted by molar-refractivity contribution is -0.144. The number of aromatic nitrogens is 8. The number of hydrogen-bond acceptors (Lipinski definition) is 18. The van der Waals surface area contributed by atoms with Gasteiger partial charge in [-0.3, -0.25) is 28.8 Å². The lowest BCUT2D eigenvalue weighted by atomic mass is 10.1. The van der Waals surface area contributed by atoms with Crippen LogP contribution in [0, 0.1) is 0 Å². The van der Waals surface area contributed by atoms with Gasteiger partial charge in [0.15, 0.2) is 0 Å². The summed E-state index contributed by atoms with van der Waals surface area (Å²) in [7, 11) is 3.18. The zero-order valence-electron chi connectivity index (χ0n) is 39.8. The molecule has 0 spiro atoms. The number of nitrogens with zero attached hydrogens (tertiary/aromatic N) is 10. The van der Waals surface area contributed by atoms with E-state index in [-0.39, 0.29) is 50.8 Å². The van der Waals surface area contributed by atoms with Crippen molar-refractivity contribution in [3.8, 4) is 22.8 Å². The molecule has 4 heterocycles. The smallest absolute Gasteiger partial charge is 0.263 e. The summed E-state index contributed by atoms with van der Waals surface area (Å²) in [6, 6.07) is 11.6. The Hall–Kier alpha value is -6.84. The zero-order chi connectivity index (χ0) is 50.5. The van der Waals surface area contributed by atoms with Crippen LogP contribution < -0.4 is 32.1 Å². The molecule has 0 bridgehead atoms. The maximum Gasteiger partial charge on any atom is 0.263 e. The van der Waals surface area contributed by atoms with Gasteiger partial charge in [-0.1, -0.05) is 60.7 Å². The second-order valence-electron chi connectivity index (χ2n) is 17.2. The molecule has 26 heteroatoms. The molecule has 2 fully saturated rings. The molecule has 2 aromatic carbocycles. The number of amides is 6. The van der Waals surface area contributed by atoms with Gasteiger partial charge in [-0.25, -0.2) is 10.9 Å². The number of β-amino-alcohol motifs (C(OH)–C–C–N with tert-alkyl or cyclic N) is 2. The van der Waals surface area contributed by atoms with Gasteiger partial charge in [-0.05, 0) is 75.5 Å². The third-order valence-electron chi connectivity index (χ3n) is 12.2. The minimum absolute atomic E-state index is 0.0833. The summed E-state index contributed by atoms with van der Waals surface area (Å²) in [6.07, 6.45) is -3.28. The van der Waals surface area contributed by atoms with Crippen LogP contribution in [0.15, 0.2) is 60.7 Å². The first-order valence-electron chi connectivity index (χ1n) is 23.1. The van der Waals surface area contributed by atoms with Crippen molar-refractivity contribution in [3.63, 3.8) is 0 Å². The van der Waals surface area contributed by atoms with Crippen molar-refractivity contribution in [2.75, 3.05) is 51.3 Å². The van der Waals surface area contributed by atoms with Crippen molar-refractivity contribution in [1.82, 2.24) is 71.7 Å². The molecule has 0 radical (unpaired) electrons. The minimum Gasteiger partial charge on any atom is -0.391 e. The molecule has 2 aliphatic heterocycles. The van der Waals surface area contributed by atoms with Crippen LogP contribution >= 0.6 is 0 Å². The Morgan fingerprint density at radius 3 is 1.34 bits per heavy atom. The first-order chi connectivity index (χ1) is 33.6. The van der Waals surface area contributed by atoms with Crippen LogP contribution in [0.25, 0.3) is 22.8 Å². The molecular weight excluding hydrogens is 913 g/mol. The van der Waals surface area contributed by atoms with Crippen molar-refractivity contribution in [3.05, 3.63) is 60.7 Å². The van der Waals surface area contributed by atoms with E-state index in [1.54, 1.807) is 90.3 Å². The predicted octanol–water partition coefficient (Wildman–Crippen LogP) is -2.47. The Balaban J connectivity index is 1.06. The number of nitrogens with one attached hydrogen (secondary N) is 6. The third kappa shape index (κ3) is 13.1. The SMILES string of the molecule is CN[C@@H](C)C(=O)N[C@H](C(=O)N1C[C@@H](O)C[C@H]1C(=O)Nn1nnnc1-c1ccccc1)C(C)OCCCCOC(C)[C@H](NC(=O)[C@H](C)NC)C(=O)N1C[C@@H](O)C[C@H]1C(=O)Nn1nnnc1-c1ccccc1. The van der Waals surface area contributed by atoms with E-state index in [1.807, 2.05) is 12.1 Å². The van der Waals surface area contributed by atoms with E-state index in [9.17, 15) is 39.0 Å². The fourth-order valence-electron chi connectivity index (χ4n) is 7.90. The van der Waals surface area contributed by atoms with Crippen molar-refractivity contribution in [2.24, 2.45) is 0 Å². The maximum absolute atomic E-state index is 14.3. The highest BCUT2D eigenvalue weighted by Crippen LogP contribution is 2.24. The molecule has 10 atom stereocenters. The number of hydrogen-bond donors (Lipinski definition) is 8. The Bertz CT molecular complexity index is 2230. The first kappa shape index (κ1) is 52.5. The number of tetrazole rings is 2. The Kier molecular flexibility index (Phi) is 18.5. The number of likely N-dealkylation sites (tertiary alicyclic amines) is 2.